The maximum atomic E-state index is 8.29. The summed E-state index contributed by atoms with van der Waals surface area (Å²) in [6.07, 6.45) is 9.47. The molecule has 0 bridgehead atoms. The Hall–Kier alpha value is 0.270. The second-order valence-electron chi connectivity index (χ2n) is 5.82. The van der Waals surface area contributed by atoms with Crippen LogP contribution in [0.3, 0.4) is 0 Å². The van der Waals surface area contributed by atoms with Gasteiger partial charge in [0, 0.05) is 14.2 Å². The van der Waals surface area contributed by atoms with Crippen molar-refractivity contribution in [1.82, 2.24) is 0 Å². The van der Waals surface area contributed by atoms with E-state index in [2.05, 4.69) is 29.8 Å². The van der Waals surface area contributed by atoms with Crippen molar-refractivity contribution in [1.29, 1.82) is 0 Å². The molecule has 0 aromatic rings. The van der Waals surface area contributed by atoms with Crippen LogP contribution >= 0.6 is 8.60 Å². The van der Waals surface area contributed by atoms with Crippen LogP contribution in [0.2, 0.25) is 0 Å². The zero-order valence-corrected chi connectivity index (χ0v) is 14.3. The van der Waals surface area contributed by atoms with Crippen molar-refractivity contribution in [3.63, 3.8) is 0 Å². The minimum atomic E-state index is -1.58. The molecule has 0 spiro atoms. The van der Waals surface area contributed by atoms with Gasteiger partial charge in [-0.1, -0.05) is 52.9 Å². The summed E-state index contributed by atoms with van der Waals surface area (Å²) in [5.41, 5.74) is 5.95. The normalized spacial score (nSPS) is 11.4. The summed E-state index contributed by atoms with van der Waals surface area (Å²) in [6, 6.07) is 0. The third kappa shape index (κ3) is 23.8. The maximum absolute atomic E-state index is 8.29. The molecule has 0 amide bonds. The molecule has 0 fully saturated rings. The quantitative estimate of drug-likeness (QED) is 0.494. The van der Waals surface area contributed by atoms with Gasteiger partial charge in [0.25, 0.3) is 0 Å². The van der Waals surface area contributed by atoms with Crippen molar-refractivity contribution in [3.05, 3.63) is 0 Å². The minimum Gasteiger partial charge on any atom is -0.330 e. The second kappa shape index (κ2) is 14.7. The van der Waals surface area contributed by atoms with Crippen molar-refractivity contribution < 1.29 is 13.9 Å². The van der Waals surface area contributed by atoms with Crippen molar-refractivity contribution in [2.75, 3.05) is 20.8 Å². The van der Waals surface area contributed by atoms with Crippen LogP contribution < -0.4 is 5.73 Å². The van der Waals surface area contributed by atoms with Gasteiger partial charge in [0.1, 0.15) is 0 Å². The zero-order valence-electron chi connectivity index (χ0n) is 13.4. The van der Waals surface area contributed by atoms with E-state index in [-0.39, 0.29) is 0 Å². The summed E-state index contributed by atoms with van der Waals surface area (Å²) in [7, 11) is 1.19. The molecule has 0 aliphatic rings. The van der Waals surface area contributed by atoms with Crippen LogP contribution in [0.15, 0.2) is 0 Å². The summed E-state index contributed by atoms with van der Waals surface area (Å²) in [6.45, 7) is 7.83. The van der Waals surface area contributed by atoms with Crippen LogP contribution in [-0.2, 0) is 9.05 Å². The monoisotopic (exact) mass is 295 g/mol. The molecular formula is C14H34NO3P. The molecule has 0 aliphatic heterocycles. The topological polar surface area (TPSA) is 64.7 Å². The third-order valence-electron chi connectivity index (χ3n) is 2.69. The predicted octanol–water partition coefficient (Wildman–Crippen LogP) is 4.22. The van der Waals surface area contributed by atoms with Crippen LogP contribution in [0, 0.1) is 5.41 Å². The molecule has 0 rings (SSSR count). The Morgan fingerprint density at radius 3 is 1.63 bits per heavy atom. The van der Waals surface area contributed by atoms with Gasteiger partial charge in [0.2, 0.25) is 0 Å². The Morgan fingerprint density at radius 1 is 0.895 bits per heavy atom. The average molecular weight is 295 g/mol. The van der Waals surface area contributed by atoms with Gasteiger partial charge in [-0.25, -0.2) is 0 Å². The van der Waals surface area contributed by atoms with Crippen molar-refractivity contribution in [3.8, 4) is 0 Å². The first-order chi connectivity index (χ1) is 8.87. The number of nitrogens with two attached hydrogens (primary N) is 1. The highest BCUT2D eigenvalue weighted by Gasteiger charge is 2.08. The van der Waals surface area contributed by atoms with Crippen molar-refractivity contribution in [2.24, 2.45) is 11.1 Å². The highest BCUT2D eigenvalue weighted by molar-refractivity contribution is 7.40. The Kier molecular flexibility index (Phi) is 16.7. The molecule has 0 aliphatic carbocycles. The summed E-state index contributed by atoms with van der Waals surface area (Å²) in [5.74, 6) is 0. The average Bonchev–Trinajstić information content (AvgIpc) is 2.36. The Bertz CT molecular complexity index is 171. The fraction of sp³-hybridized carbons (Fsp3) is 1.00. The number of rotatable bonds is 9. The zero-order chi connectivity index (χ0) is 15.1. The largest absolute Gasteiger partial charge is 0.330 e. The van der Waals surface area contributed by atoms with Gasteiger partial charge in [-0.3, -0.25) is 0 Å². The van der Waals surface area contributed by atoms with Crippen molar-refractivity contribution >= 4 is 8.60 Å². The molecule has 19 heavy (non-hydrogen) atoms. The van der Waals surface area contributed by atoms with Crippen LogP contribution in [0.1, 0.15) is 65.7 Å². The lowest BCUT2D eigenvalue weighted by Gasteiger charge is -2.17. The van der Waals surface area contributed by atoms with Gasteiger partial charge >= 0.3 is 8.60 Å². The van der Waals surface area contributed by atoms with Crippen LogP contribution in [-0.4, -0.2) is 25.7 Å². The molecule has 5 heteroatoms. The summed E-state index contributed by atoms with van der Waals surface area (Å²) in [5, 5.41) is 0. The van der Waals surface area contributed by atoms with Crippen molar-refractivity contribution in [2.45, 2.75) is 65.7 Å². The molecule has 0 saturated heterocycles. The minimum absolute atomic E-state index is 0.525. The molecule has 0 aromatic carbocycles. The van der Waals surface area contributed by atoms with Crippen LogP contribution in [0.4, 0.5) is 0 Å². The number of hydrogen-bond donors (Lipinski definition) is 2. The molecule has 0 radical (unpaired) electrons. The Balaban J connectivity index is 0. The molecule has 0 saturated carbocycles. The van der Waals surface area contributed by atoms with E-state index in [0.717, 1.165) is 6.54 Å². The first-order valence-electron chi connectivity index (χ1n) is 7.14. The van der Waals surface area contributed by atoms with Gasteiger partial charge in [-0.05, 0) is 24.8 Å². The van der Waals surface area contributed by atoms with Gasteiger partial charge in [0.05, 0.1) is 0 Å². The van der Waals surface area contributed by atoms with Crippen LogP contribution in [0.5, 0.6) is 0 Å². The van der Waals surface area contributed by atoms with Gasteiger partial charge < -0.3 is 19.7 Å². The van der Waals surface area contributed by atoms with E-state index < -0.39 is 8.60 Å². The standard InChI is InChI=1S/C12H27N.C2H7O3P/c1-12(2,3)10-8-6-4-5-7-9-11-13;1-4-6(3)5-2/h4-11,13H2,1-3H3;3H,1-2H3. The smallest absolute Gasteiger partial charge is 0.329 e. The fourth-order valence-corrected chi connectivity index (χ4v) is 1.73. The van der Waals surface area contributed by atoms with E-state index >= 15 is 0 Å². The molecule has 0 unspecified atom stereocenters. The van der Waals surface area contributed by atoms with E-state index in [1.54, 1.807) is 0 Å². The predicted molar refractivity (Wildman–Crippen MR) is 84.0 cm³/mol. The van der Waals surface area contributed by atoms with E-state index in [1.807, 2.05) is 0 Å². The molecular weight excluding hydrogens is 261 g/mol. The summed E-state index contributed by atoms with van der Waals surface area (Å²) >= 11 is 0. The van der Waals surface area contributed by atoms with Gasteiger partial charge in [-0.15, -0.1) is 0 Å². The molecule has 0 atom stereocenters. The molecule has 4 nitrogen and oxygen atoms in total. The lowest BCUT2D eigenvalue weighted by atomic mass is 9.89. The molecule has 118 valence electrons. The highest BCUT2D eigenvalue weighted by atomic mass is 31.2. The second-order valence-corrected chi connectivity index (χ2v) is 7.03. The Labute approximate surface area is 121 Å². The van der Waals surface area contributed by atoms with E-state index in [9.17, 15) is 0 Å². The number of unbranched alkanes of at least 4 members (excludes halogenated alkanes) is 5. The number of hydrogen-bond acceptors (Lipinski definition) is 4. The first kappa shape index (κ1) is 21.6. The highest BCUT2D eigenvalue weighted by Crippen LogP contribution is 2.28. The molecule has 3 N–H and O–H groups in total. The van der Waals surface area contributed by atoms with Crippen LogP contribution in [0.25, 0.3) is 0 Å². The SMILES string of the molecule is CC(C)(C)CCCCCCCCN.COP(O)OC. The summed E-state index contributed by atoms with van der Waals surface area (Å²) < 4.78 is 8.59. The third-order valence-corrected chi connectivity index (χ3v) is 3.32. The lowest BCUT2D eigenvalue weighted by Crippen LogP contribution is -2.03. The van der Waals surface area contributed by atoms with E-state index in [1.165, 1.54) is 59.2 Å². The molecule has 0 heterocycles. The van der Waals surface area contributed by atoms with Gasteiger partial charge in [-0.2, -0.15) is 0 Å². The fourth-order valence-electron chi connectivity index (χ4n) is 1.58. The van der Waals surface area contributed by atoms with E-state index in [0.29, 0.717) is 5.41 Å². The maximum Gasteiger partial charge on any atom is 0.329 e. The summed E-state index contributed by atoms with van der Waals surface area (Å²) in [4.78, 5) is 8.29. The van der Waals surface area contributed by atoms with Gasteiger partial charge in [0.15, 0.2) is 0 Å². The molecule has 0 aromatic heterocycles. The lowest BCUT2D eigenvalue weighted by molar-refractivity contribution is 0.271. The van der Waals surface area contributed by atoms with E-state index in [4.69, 9.17) is 10.6 Å². The Morgan fingerprint density at radius 2 is 1.32 bits per heavy atom. The first-order valence-corrected chi connectivity index (χ1v) is 8.27.